The molecular weight excluding hydrogens is 732 g/mol. The smallest absolute Gasteiger partial charge is 0.407 e. The fourth-order valence-corrected chi connectivity index (χ4v) is 7.17. The fourth-order valence-electron chi connectivity index (χ4n) is 7.17. The van der Waals surface area contributed by atoms with Gasteiger partial charge in [0.2, 0.25) is 11.8 Å². The molecule has 2 aliphatic rings. The summed E-state index contributed by atoms with van der Waals surface area (Å²) in [6, 6.07) is 11.3. The molecule has 0 unspecified atom stereocenters. The lowest BCUT2D eigenvalue weighted by atomic mass is 10.1. The van der Waals surface area contributed by atoms with Gasteiger partial charge in [0, 0.05) is 64.5 Å². The molecule has 2 aromatic heterocycles. The number of hydrogen-bond acceptors (Lipinski definition) is 10. The Morgan fingerprint density at radius 1 is 0.842 bits per heavy atom. The molecule has 2 aliphatic heterocycles. The van der Waals surface area contributed by atoms with Crippen LogP contribution in [0.25, 0.3) is 22.3 Å². The lowest BCUT2D eigenvalue weighted by molar-refractivity contribution is -0.135. The number of aromatic nitrogens is 4. The highest BCUT2D eigenvalue weighted by Crippen LogP contribution is 2.35. The summed E-state index contributed by atoms with van der Waals surface area (Å²) in [4.78, 5) is 70.8. The first kappa shape index (κ1) is 40.5. The second-order valence-corrected chi connectivity index (χ2v) is 13.9. The Balaban J connectivity index is 1.12. The van der Waals surface area contributed by atoms with E-state index in [4.69, 9.17) is 23.9 Å². The number of carbonyl (C=O) groups excluding carboxylic acids is 4. The molecule has 4 heterocycles. The van der Waals surface area contributed by atoms with Crippen molar-refractivity contribution in [1.82, 2.24) is 40.4 Å². The maximum absolute atomic E-state index is 13.6. The van der Waals surface area contributed by atoms with Crippen LogP contribution in [-0.2, 0) is 28.5 Å². The van der Waals surface area contributed by atoms with Gasteiger partial charge in [-0.2, -0.15) is 0 Å². The van der Waals surface area contributed by atoms with Crippen molar-refractivity contribution >= 4 is 35.0 Å². The summed E-state index contributed by atoms with van der Waals surface area (Å²) in [6.07, 6.45) is 3.07. The lowest BCUT2D eigenvalue weighted by Crippen LogP contribution is -2.49. The molecule has 0 radical (unpaired) electrons. The Bertz CT molecular complexity index is 2150. The minimum atomic E-state index is -0.822. The summed E-state index contributed by atoms with van der Waals surface area (Å²) >= 11 is 0. The highest BCUT2D eigenvalue weighted by atomic mass is 16.5. The number of nitrogens with zero attached hydrogens (tertiary/aromatic N) is 4. The zero-order valence-electron chi connectivity index (χ0n) is 32.6. The van der Waals surface area contributed by atoms with Crippen molar-refractivity contribution < 1.29 is 38.1 Å². The second kappa shape index (κ2) is 18.6. The van der Waals surface area contributed by atoms with Crippen LogP contribution in [0.2, 0.25) is 0 Å². The zero-order valence-corrected chi connectivity index (χ0v) is 32.6. The summed E-state index contributed by atoms with van der Waals surface area (Å²) in [6.45, 7) is 5.61. The molecule has 6 rings (SSSR count). The van der Waals surface area contributed by atoms with Crippen LogP contribution >= 0.6 is 0 Å². The molecule has 4 aromatic rings. The third-order valence-corrected chi connectivity index (χ3v) is 10.1. The molecule has 2 saturated heterocycles. The van der Waals surface area contributed by atoms with Gasteiger partial charge in [-0.05, 0) is 55.2 Å². The molecule has 2 fully saturated rings. The minimum Gasteiger partial charge on any atom is -0.453 e. The van der Waals surface area contributed by atoms with E-state index in [2.05, 4.69) is 44.0 Å². The summed E-state index contributed by atoms with van der Waals surface area (Å²) in [5, 5.41) is 5.26. The molecule has 2 aromatic carbocycles. The van der Waals surface area contributed by atoms with Gasteiger partial charge in [-0.25, -0.2) is 19.6 Å². The quantitative estimate of drug-likeness (QED) is 0.112. The summed E-state index contributed by atoms with van der Waals surface area (Å²) in [7, 11) is 5.60. The van der Waals surface area contributed by atoms with E-state index in [9.17, 15) is 19.2 Å². The average molecular weight is 781 g/mol. The van der Waals surface area contributed by atoms with E-state index in [0.29, 0.717) is 44.2 Å². The molecular formula is C41H48N8O8. The van der Waals surface area contributed by atoms with Crippen LogP contribution in [0.5, 0.6) is 0 Å². The Hall–Kier alpha value is -6.18. The zero-order chi connectivity index (χ0) is 40.5. The topological polar surface area (TPSA) is 193 Å². The van der Waals surface area contributed by atoms with Crippen molar-refractivity contribution in [2.75, 3.05) is 54.7 Å². The number of amides is 4. The highest BCUT2D eigenvalue weighted by Gasteiger charge is 2.38. The monoisotopic (exact) mass is 780 g/mol. The molecule has 0 saturated carbocycles. The van der Waals surface area contributed by atoms with E-state index < -0.39 is 24.3 Å². The van der Waals surface area contributed by atoms with Gasteiger partial charge in [0.05, 0.1) is 49.2 Å². The SMILES string of the molecule is C=C1C[C@@H](c2ncc(-c3ccc(C#Cc4ccc5nc([C@@H]6CCCN6C(=O)[C@H](CCOC)NC(=O)OC)[nH]c5c4)cc3)[nH]2)N(C(=O)[C@H](CCOC)NC(=O)OC)C1. The Morgan fingerprint density at radius 3 is 2.12 bits per heavy atom. The van der Waals surface area contributed by atoms with Crippen LogP contribution in [0, 0.1) is 11.8 Å². The van der Waals surface area contributed by atoms with Crippen LogP contribution in [0.4, 0.5) is 9.59 Å². The minimum absolute atomic E-state index is 0.205. The number of methoxy groups -OCH3 is 4. The molecule has 300 valence electrons. The van der Waals surface area contributed by atoms with Crippen molar-refractivity contribution in [3.8, 4) is 23.1 Å². The highest BCUT2D eigenvalue weighted by molar-refractivity contribution is 5.87. The van der Waals surface area contributed by atoms with Crippen molar-refractivity contribution in [2.45, 2.75) is 56.3 Å². The van der Waals surface area contributed by atoms with Gasteiger partial charge in [-0.15, -0.1) is 0 Å². The number of nitrogens with one attached hydrogen (secondary N) is 4. The number of alkyl carbamates (subject to hydrolysis) is 2. The first-order valence-corrected chi connectivity index (χ1v) is 18.7. The fraction of sp³-hybridized carbons (Fsp3) is 0.415. The Labute approximate surface area is 330 Å². The van der Waals surface area contributed by atoms with Gasteiger partial charge in [-0.3, -0.25) is 9.59 Å². The molecule has 0 spiro atoms. The first-order valence-electron chi connectivity index (χ1n) is 18.7. The third-order valence-electron chi connectivity index (χ3n) is 10.1. The molecule has 16 heteroatoms. The van der Waals surface area contributed by atoms with E-state index in [0.717, 1.165) is 51.8 Å². The van der Waals surface area contributed by atoms with Crippen molar-refractivity contribution in [2.24, 2.45) is 0 Å². The molecule has 57 heavy (non-hydrogen) atoms. The first-order chi connectivity index (χ1) is 27.6. The maximum Gasteiger partial charge on any atom is 0.407 e. The lowest BCUT2D eigenvalue weighted by Gasteiger charge is -2.28. The molecule has 0 bridgehead atoms. The van der Waals surface area contributed by atoms with Gasteiger partial charge in [0.1, 0.15) is 23.7 Å². The van der Waals surface area contributed by atoms with Gasteiger partial charge in [-0.1, -0.05) is 36.1 Å². The van der Waals surface area contributed by atoms with Crippen LogP contribution in [-0.4, -0.2) is 121 Å². The van der Waals surface area contributed by atoms with Crippen molar-refractivity contribution in [3.05, 3.63) is 83.6 Å². The number of likely N-dealkylation sites (tertiary alicyclic amines) is 2. The molecule has 16 nitrogen and oxygen atoms in total. The molecule has 0 aliphatic carbocycles. The second-order valence-electron chi connectivity index (χ2n) is 13.9. The maximum atomic E-state index is 13.6. The van der Waals surface area contributed by atoms with Gasteiger partial charge in [0.15, 0.2) is 0 Å². The number of fused-ring (bicyclic) bond motifs is 1. The van der Waals surface area contributed by atoms with Crippen LogP contribution in [0.1, 0.15) is 67.0 Å². The third kappa shape index (κ3) is 9.62. The van der Waals surface area contributed by atoms with Crippen molar-refractivity contribution in [1.29, 1.82) is 0 Å². The van der Waals surface area contributed by atoms with Gasteiger partial charge in [0.25, 0.3) is 0 Å². The summed E-state index contributed by atoms with van der Waals surface area (Å²) in [5.74, 6) is 7.31. The molecule has 4 amide bonds. The normalized spacial score (nSPS) is 17.5. The molecule has 4 atom stereocenters. The number of benzene rings is 2. The number of ether oxygens (including phenoxy) is 4. The molecule has 4 N–H and O–H groups in total. The van der Waals surface area contributed by atoms with E-state index in [1.165, 1.54) is 21.3 Å². The number of aromatic amines is 2. The predicted octanol–water partition coefficient (Wildman–Crippen LogP) is 4.37. The van der Waals surface area contributed by atoms with Crippen molar-refractivity contribution in [3.63, 3.8) is 0 Å². The summed E-state index contributed by atoms with van der Waals surface area (Å²) < 4.78 is 19.8. The predicted molar refractivity (Wildman–Crippen MR) is 210 cm³/mol. The number of rotatable bonds is 13. The Morgan fingerprint density at radius 2 is 1.47 bits per heavy atom. The van der Waals surface area contributed by atoms with E-state index >= 15 is 0 Å². The van der Waals surface area contributed by atoms with Gasteiger partial charge >= 0.3 is 12.2 Å². The van der Waals surface area contributed by atoms with Gasteiger partial charge < -0.3 is 49.3 Å². The largest absolute Gasteiger partial charge is 0.453 e. The summed E-state index contributed by atoms with van der Waals surface area (Å²) in [5.41, 5.74) is 5.75. The van der Waals surface area contributed by atoms with Crippen LogP contribution < -0.4 is 10.6 Å². The number of hydrogen-bond donors (Lipinski definition) is 4. The Kier molecular flexibility index (Phi) is 13.2. The number of imidazole rings is 2. The van der Waals surface area contributed by atoms with Crippen LogP contribution in [0.3, 0.4) is 0 Å². The standard InChI is InChI=1S/C41H48N8O8/c1-25-21-35(49(24-25)39(51)31(17-20-55-3)47-41(53)57-5)36-42-23-33(45-36)28-13-10-26(11-14-28)8-9-27-12-15-29-32(22-27)44-37(43-29)34-7-6-18-48(34)38(50)30(16-19-54-2)46-40(52)56-4/h10-15,22-23,30-31,34-35H,1,6-7,16-21,24H2,2-5H3,(H,42,45)(H,43,44)(H,46,52)(H,47,53)/t30-,31-,34-,35-/m0/s1. The number of H-pyrrole nitrogens is 2. The van der Waals surface area contributed by atoms with Crippen LogP contribution in [0.15, 0.2) is 60.8 Å². The van der Waals surface area contributed by atoms with E-state index in [-0.39, 0.29) is 36.9 Å². The average Bonchev–Trinajstić information content (AvgIpc) is 4.05. The van der Waals surface area contributed by atoms with E-state index in [1.807, 2.05) is 42.5 Å². The van der Waals surface area contributed by atoms with E-state index in [1.54, 1.807) is 23.1 Å². The number of carbonyl (C=O) groups is 4.